The number of ether oxygens (including phenoxy) is 1. The number of carbonyl (C=O) groups excluding carboxylic acids is 1. The fourth-order valence-electron chi connectivity index (χ4n) is 4.32. The number of allylic oxidation sites excluding steroid dienone is 1. The number of thiophene rings is 1. The first-order chi connectivity index (χ1) is 20.4. The summed E-state index contributed by atoms with van der Waals surface area (Å²) in [7, 11) is 0. The highest BCUT2D eigenvalue weighted by molar-refractivity contribution is 7.20. The predicted molar refractivity (Wildman–Crippen MR) is 162 cm³/mol. The minimum Gasteiger partial charge on any atom is -0.453 e. The quantitative estimate of drug-likeness (QED) is 0.192. The van der Waals surface area contributed by atoms with E-state index in [2.05, 4.69) is 27.0 Å². The van der Waals surface area contributed by atoms with Gasteiger partial charge in [0.15, 0.2) is 11.6 Å². The van der Waals surface area contributed by atoms with Gasteiger partial charge >= 0.3 is 0 Å². The highest BCUT2D eigenvalue weighted by Crippen LogP contribution is 2.38. The molecule has 6 rings (SSSR count). The van der Waals surface area contributed by atoms with E-state index in [0.29, 0.717) is 37.7 Å². The van der Waals surface area contributed by atoms with Gasteiger partial charge in [-0.2, -0.15) is 0 Å². The summed E-state index contributed by atoms with van der Waals surface area (Å²) in [5.41, 5.74) is 2.99. The van der Waals surface area contributed by atoms with Crippen molar-refractivity contribution in [2.24, 2.45) is 4.99 Å². The number of aliphatic imine (C=N–C) groups is 1. The van der Waals surface area contributed by atoms with Crippen molar-refractivity contribution in [3.63, 3.8) is 0 Å². The topological polar surface area (TPSA) is 98.5 Å². The second-order valence-corrected chi connectivity index (χ2v) is 10.8. The van der Waals surface area contributed by atoms with Gasteiger partial charge in [0.25, 0.3) is 11.5 Å². The number of aromatic nitrogens is 3. The van der Waals surface area contributed by atoms with E-state index in [1.165, 1.54) is 69.7 Å². The van der Waals surface area contributed by atoms with Gasteiger partial charge in [0.05, 0.1) is 37.5 Å². The molecule has 0 radical (unpaired) electrons. The standard InChI is InChI=1S/C30H19F2N5O3S2/c1-3-21(33-2)26-14-22-27(42-26)25(10-11-34-22)40-24-9-6-17(12-20(24)32)36-28(38)19-13-23-30(41-15-35-23)37(29(19)39)18-7-4-16(31)5-8-18/h3-15H,2H2,1H3,(H,36,38). The number of pyridine rings is 2. The van der Waals surface area contributed by atoms with Crippen LogP contribution in [0.4, 0.5) is 14.5 Å². The Bertz CT molecular complexity index is 2100. The number of anilines is 1. The molecular formula is C30H19F2N5O3S2. The van der Waals surface area contributed by atoms with E-state index in [0.717, 1.165) is 10.9 Å². The maximum absolute atomic E-state index is 15.2. The average molecular weight is 600 g/mol. The molecule has 0 unspecified atom stereocenters. The Labute approximate surface area is 244 Å². The molecule has 0 spiro atoms. The summed E-state index contributed by atoms with van der Waals surface area (Å²) >= 11 is 2.61. The molecule has 208 valence electrons. The fourth-order valence-corrected chi connectivity index (χ4v) is 6.22. The summed E-state index contributed by atoms with van der Waals surface area (Å²) in [4.78, 5) is 40.5. The number of hydrogen-bond acceptors (Lipinski definition) is 8. The molecule has 0 aliphatic rings. The van der Waals surface area contributed by atoms with Crippen LogP contribution in [0.3, 0.4) is 0 Å². The molecule has 0 bridgehead atoms. The molecule has 12 heteroatoms. The van der Waals surface area contributed by atoms with E-state index in [1.807, 2.05) is 19.1 Å². The number of amides is 1. The summed E-state index contributed by atoms with van der Waals surface area (Å²) in [5, 5.41) is 2.57. The number of fused-ring (bicyclic) bond motifs is 2. The summed E-state index contributed by atoms with van der Waals surface area (Å²) in [6.07, 6.45) is 3.40. The smallest absolute Gasteiger partial charge is 0.269 e. The van der Waals surface area contributed by atoms with E-state index in [4.69, 9.17) is 4.74 Å². The van der Waals surface area contributed by atoms with Gasteiger partial charge in [0.1, 0.15) is 22.0 Å². The molecule has 42 heavy (non-hydrogen) atoms. The molecule has 0 aliphatic heterocycles. The minimum atomic E-state index is -0.753. The monoisotopic (exact) mass is 599 g/mol. The second kappa shape index (κ2) is 11.1. The van der Waals surface area contributed by atoms with Crippen LogP contribution in [0.2, 0.25) is 0 Å². The zero-order valence-corrected chi connectivity index (χ0v) is 23.4. The van der Waals surface area contributed by atoms with Crippen LogP contribution in [0, 0.1) is 11.6 Å². The Morgan fingerprint density at radius 1 is 1.05 bits per heavy atom. The molecular weight excluding hydrogens is 580 g/mol. The van der Waals surface area contributed by atoms with Gasteiger partial charge in [-0.15, -0.1) is 22.7 Å². The van der Waals surface area contributed by atoms with Crippen LogP contribution in [0.5, 0.6) is 11.5 Å². The number of carbonyl (C=O) groups is 1. The van der Waals surface area contributed by atoms with Gasteiger partial charge in [-0.3, -0.25) is 24.1 Å². The maximum atomic E-state index is 15.2. The highest BCUT2D eigenvalue weighted by Gasteiger charge is 2.20. The Kier molecular flexibility index (Phi) is 7.15. The van der Waals surface area contributed by atoms with Crippen LogP contribution in [0.15, 0.2) is 88.2 Å². The summed E-state index contributed by atoms with van der Waals surface area (Å²) in [6, 6.07) is 14.1. The molecule has 0 fully saturated rings. The Hall–Kier alpha value is -5.07. The van der Waals surface area contributed by atoms with Crippen LogP contribution < -0.4 is 15.6 Å². The number of thiazole rings is 1. The normalized spacial score (nSPS) is 11.6. The van der Waals surface area contributed by atoms with E-state index in [-0.39, 0.29) is 17.0 Å². The third-order valence-electron chi connectivity index (χ3n) is 6.30. The van der Waals surface area contributed by atoms with Crippen LogP contribution in [0.25, 0.3) is 31.9 Å². The van der Waals surface area contributed by atoms with Crippen molar-refractivity contribution in [2.75, 3.05) is 5.32 Å². The fraction of sp³-hybridized carbons (Fsp3) is 0.0333. The first-order valence-electron chi connectivity index (χ1n) is 12.4. The van der Waals surface area contributed by atoms with Crippen LogP contribution in [0.1, 0.15) is 22.2 Å². The van der Waals surface area contributed by atoms with Gasteiger partial charge in [-0.25, -0.2) is 13.8 Å². The highest BCUT2D eigenvalue weighted by atomic mass is 32.1. The van der Waals surface area contributed by atoms with Crippen molar-refractivity contribution in [3.05, 3.63) is 111 Å². The Morgan fingerprint density at radius 2 is 1.86 bits per heavy atom. The molecule has 6 aromatic rings. The van der Waals surface area contributed by atoms with Crippen molar-refractivity contribution in [1.82, 2.24) is 14.5 Å². The molecule has 8 nitrogen and oxygen atoms in total. The number of benzene rings is 2. The number of hydrogen-bond donors (Lipinski definition) is 1. The predicted octanol–water partition coefficient (Wildman–Crippen LogP) is 7.44. The van der Waals surface area contributed by atoms with Gasteiger partial charge in [-0.05, 0) is 62.2 Å². The summed E-state index contributed by atoms with van der Waals surface area (Å²) < 4.78 is 36.6. The van der Waals surface area contributed by atoms with Crippen LogP contribution in [-0.4, -0.2) is 27.2 Å². The molecule has 0 atom stereocenters. The largest absolute Gasteiger partial charge is 0.453 e. The minimum absolute atomic E-state index is 0.0638. The molecule has 0 saturated heterocycles. The Morgan fingerprint density at radius 3 is 2.60 bits per heavy atom. The molecule has 0 aliphatic carbocycles. The zero-order chi connectivity index (χ0) is 29.4. The third-order valence-corrected chi connectivity index (χ3v) is 8.29. The first kappa shape index (κ1) is 27.1. The molecule has 2 aromatic carbocycles. The van der Waals surface area contributed by atoms with Crippen molar-refractivity contribution >= 4 is 67.2 Å². The molecule has 4 aromatic heterocycles. The van der Waals surface area contributed by atoms with Gasteiger partial charge < -0.3 is 10.1 Å². The van der Waals surface area contributed by atoms with Crippen molar-refractivity contribution in [2.45, 2.75) is 6.92 Å². The molecule has 4 heterocycles. The molecule has 1 amide bonds. The maximum Gasteiger partial charge on any atom is 0.269 e. The van der Waals surface area contributed by atoms with Crippen molar-refractivity contribution in [3.8, 4) is 17.2 Å². The Balaban J connectivity index is 1.28. The second-order valence-electron chi connectivity index (χ2n) is 8.89. The summed E-state index contributed by atoms with van der Waals surface area (Å²) in [6.45, 7) is 5.44. The average Bonchev–Trinajstić information content (AvgIpc) is 3.63. The molecule has 1 N–H and O–H groups in total. The van der Waals surface area contributed by atoms with Crippen LogP contribution in [-0.2, 0) is 0 Å². The molecule has 0 saturated carbocycles. The van der Waals surface area contributed by atoms with Gasteiger partial charge in [0.2, 0.25) is 0 Å². The lowest BCUT2D eigenvalue weighted by Crippen LogP contribution is -2.28. The van der Waals surface area contributed by atoms with E-state index in [1.54, 1.807) is 17.8 Å². The van der Waals surface area contributed by atoms with E-state index < -0.39 is 23.1 Å². The lowest BCUT2D eigenvalue weighted by Gasteiger charge is -2.12. The van der Waals surface area contributed by atoms with Gasteiger partial charge in [0, 0.05) is 24.0 Å². The SMILES string of the molecule is C=NC(=CC)c1cc2nccc(Oc3ccc(NC(=O)c4cc5ncsc5n(-c5ccc(F)cc5)c4=O)cc3F)c2s1. The zero-order valence-electron chi connectivity index (χ0n) is 21.8. The van der Waals surface area contributed by atoms with E-state index >= 15 is 4.39 Å². The van der Waals surface area contributed by atoms with Crippen LogP contribution >= 0.6 is 22.7 Å². The third kappa shape index (κ3) is 4.97. The number of rotatable bonds is 7. The van der Waals surface area contributed by atoms with Gasteiger partial charge in [-0.1, -0.05) is 6.08 Å². The van der Waals surface area contributed by atoms with Crippen molar-refractivity contribution in [1.29, 1.82) is 0 Å². The lowest BCUT2D eigenvalue weighted by molar-refractivity contribution is 0.102. The first-order valence-corrected chi connectivity index (χ1v) is 14.1. The number of halogens is 2. The van der Waals surface area contributed by atoms with E-state index in [9.17, 15) is 14.0 Å². The van der Waals surface area contributed by atoms with Crippen molar-refractivity contribution < 1.29 is 18.3 Å². The lowest BCUT2D eigenvalue weighted by atomic mass is 10.2. The number of nitrogens with one attached hydrogen (secondary N) is 1. The summed E-state index contributed by atoms with van der Waals surface area (Å²) in [5.74, 6) is -1.60. The number of nitrogens with zero attached hydrogens (tertiary/aromatic N) is 4.